The molecular weight excluding hydrogens is 420 g/mol. The highest BCUT2D eigenvalue weighted by Gasteiger charge is 2.14. The van der Waals surface area contributed by atoms with Crippen LogP contribution in [0.1, 0.15) is 27.4 Å². The molecule has 0 saturated carbocycles. The van der Waals surface area contributed by atoms with E-state index in [-0.39, 0.29) is 18.4 Å². The van der Waals surface area contributed by atoms with Gasteiger partial charge in [-0.2, -0.15) is 4.73 Å². The van der Waals surface area contributed by atoms with Gasteiger partial charge in [0.2, 0.25) is 11.8 Å². The number of carbonyl (C=O) groups excluding carboxylic acids is 2. The maximum absolute atomic E-state index is 12.2. The Morgan fingerprint density at radius 3 is 2.39 bits per heavy atom. The normalized spacial score (nSPS) is 10.6. The summed E-state index contributed by atoms with van der Waals surface area (Å²) in [7, 11) is 0. The third-order valence-corrected chi connectivity index (χ3v) is 5.00. The van der Waals surface area contributed by atoms with Crippen LogP contribution in [0.2, 0.25) is 0 Å². The fraction of sp³-hybridized carbons (Fsp3) is 0.120. The van der Waals surface area contributed by atoms with Gasteiger partial charge in [-0.1, -0.05) is 30.3 Å². The zero-order chi connectivity index (χ0) is 23.2. The molecule has 8 heteroatoms. The molecule has 0 atom stereocenters. The maximum atomic E-state index is 12.2. The van der Waals surface area contributed by atoms with Gasteiger partial charge < -0.3 is 20.3 Å². The molecule has 0 aliphatic heterocycles. The number of carbonyl (C=O) groups is 2. The molecule has 33 heavy (non-hydrogen) atoms. The molecule has 2 aromatic heterocycles. The molecule has 0 aliphatic rings. The average molecular weight is 442 g/mol. The first-order valence-corrected chi connectivity index (χ1v) is 10.4. The van der Waals surface area contributed by atoms with Crippen LogP contribution < -0.4 is 15.4 Å². The summed E-state index contributed by atoms with van der Waals surface area (Å²) in [5.41, 5.74) is 3.36. The zero-order valence-corrected chi connectivity index (χ0v) is 17.9. The molecular formula is C25H22N4O4. The van der Waals surface area contributed by atoms with Crippen LogP contribution in [-0.2, 0) is 17.8 Å². The smallest absolute Gasteiger partial charge is 0.252 e. The standard InChI is InChI=1S/C25H22N4O4/c1-17-22(16-26-24(31)19-11-13-29(32)14-12-19)28-25(33-17)20-7-9-21(10-8-20)27-23(30)15-18-5-3-2-4-6-18/h2-14H,15-16H2,1H3,(H,26,31)(H,27,30). The fourth-order valence-electron chi connectivity index (χ4n) is 3.23. The van der Waals surface area contributed by atoms with Gasteiger partial charge in [-0.3, -0.25) is 9.59 Å². The third kappa shape index (κ3) is 5.62. The number of oxazole rings is 1. The van der Waals surface area contributed by atoms with Crippen molar-refractivity contribution in [3.8, 4) is 11.5 Å². The number of rotatable bonds is 7. The number of amides is 2. The second-order valence-corrected chi connectivity index (χ2v) is 7.44. The van der Waals surface area contributed by atoms with E-state index in [1.807, 2.05) is 42.5 Å². The number of anilines is 1. The summed E-state index contributed by atoms with van der Waals surface area (Å²) in [6, 6.07) is 19.6. The van der Waals surface area contributed by atoms with E-state index < -0.39 is 0 Å². The van der Waals surface area contributed by atoms with E-state index in [1.165, 1.54) is 24.5 Å². The van der Waals surface area contributed by atoms with E-state index in [0.717, 1.165) is 11.1 Å². The van der Waals surface area contributed by atoms with Gasteiger partial charge in [-0.15, -0.1) is 0 Å². The topological polar surface area (TPSA) is 111 Å². The predicted octanol–water partition coefficient (Wildman–Crippen LogP) is 3.39. The monoisotopic (exact) mass is 442 g/mol. The van der Waals surface area contributed by atoms with Crippen molar-refractivity contribution in [1.82, 2.24) is 10.3 Å². The number of aromatic nitrogens is 2. The quantitative estimate of drug-likeness (QED) is 0.337. The lowest BCUT2D eigenvalue weighted by Crippen LogP contribution is -2.27. The molecule has 2 amide bonds. The van der Waals surface area contributed by atoms with Crippen LogP contribution in [0.3, 0.4) is 0 Å². The molecule has 2 N–H and O–H groups in total. The zero-order valence-electron chi connectivity index (χ0n) is 17.9. The Hall–Kier alpha value is -4.46. The van der Waals surface area contributed by atoms with Gasteiger partial charge in [0.25, 0.3) is 5.91 Å². The van der Waals surface area contributed by atoms with Crippen LogP contribution in [-0.4, -0.2) is 16.8 Å². The van der Waals surface area contributed by atoms with Gasteiger partial charge in [0.05, 0.1) is 18.5 Å². The van der Waals surface area contributed by atoms with Crippen LogP contribution in [0, 0.1) is 12.1 Å². The molecule has 8 nitrogen and oxygen atoms in total. The Balaban J connectivity index is 1.36. The highest BCUT2D eigenvalue weighted by molar-refractivity contribution is 5.94. The van der Waals surface area contributed by atoms with Gasteiger partial charge in [0.15, 0.2) is 12.4 Å². The lowest BCUT2D eigenvalue weighted by atomic mass is 10.1. The van der Waals surface area contributed by atoms with Gasteiger partial charge in [0.1, 0.15) is 11.5 Å². The largest absolute Gasteiger partial charge is 0.619 e. The molecule has 4 aromatic rings. The van der Waals surface area contributed by atoms with Gasteiger partial charge >= 0.3 is 0 Å². The van der Waals surface area contributed by atoms with Crippen LogP contribution in [0.25, 0.3) is 11.5 Å². The van der Waals surface area contributed by atoms with Crippen LogP contribution >= 0.6 is 0 Å². The first kappa shape index (κ1) is 21.8. The summed E-state index contributed by atoms with van der Waals surface area (Å²) < 4.78 is 6.38. The highest BCUT2D eigenvalue weighted by atomic mass is 16.5. The van der Waals surface area contributed by atoms with E-state index in [0.29, 0.717) is 39.7 Å². The third-order valence-electron chi connectivity index (χ3n) is 5.00. The molecule has 166 valence electrons. The van der Waals surface area contributed by atoms with Crippen molar-refractivity contribution in [2.24, 2.45) is 0 Å². The minimum Gasteiger partial charge on any atom is -0.619 e. The first-order valence-electron chi connectivity index (χ1n) is 10.4. The van der Waals surface area contributed by atoms with E-state index in [4.69, 9.17) is 4.42 Å². The molecule has 0 spiro atoms. The number of hydrogen-bond acceptors (Lipinski definition) is 5. The Morgan fingerprint density at radius 1 is 1.00 bits per heavy atom. The summed E-state index contributed by atoms with van der Waals surface area (Å²) in [6.45, 7) is 1.97. The first-order chi connectivity index (χ1) is 16.0. The molecule has 0 saturated heterocycles. The molecule has 2 aromatic carbocycles. The maximum Gasteiger partial charge on any atom is 0.252 e. The Labute approximate surface area is 190 Å². The molecule has 0 bridgehead atoms. The van der Waals surface area contributed by atoms with Crippen molar-refractivity contribution in [3.63, 3.8) is 0 Å². The fourth-order valence-corrected chi connectivity index (χ4v) is 3.23. The van der Waals surface area contributed by atoms with E-state index in [2.05, 4.69) is 15.6 Å². The molecule has 0 unspecified atom stereocenters. The van der Waals surface area contributed by atoms with Crippen molar-refractivity contribution in [2.75, 3.05) is 5.32 Å². The number of hydrogen-bond donors (Lipinski definition) is 2. The van der Waals surface area contributed by atoms with Crippen molar-refractivity contribution in [2.45, 2.75) is 19.9 Å². The molecule has 4 rings (SSSR count). The summed E-state index contributed by atoms with van der Waals surface area (Å²) in [5, 5.41) is 16.7. The van der Waals surface area contributed by atoms with E-state index in [9.17, 15) is 14.8 Å². The minimum absolute atomic E-state index is 0.0950. The summed E-state index contributed by atoms with van der Waals surface area (Å²) in [5.74, 6) is 0.611. The van der Waals surface area contributed by atoms with Gasteiger partial charge in [-0.05, 0) is 36.8 Å². The van der Waals surface area contributed by atoms with Crippen LogP contribution in [0.15, 0.2) is 83.5 Å². The number of nitrogens with zero attached hydrogens (tertiary/aromatic N) is 2. The van der Waals surface area contributed by atoms with Crippen LogP contribution in [0.4, 0.5) is 5.69 Å². The second-order valence-electron chi connectivity index (χ2n) is 7.44. The molecule has 2 heterocycles. The Bertz CT molecular complexity index is 1250. The molecule has 0 fully saturated rings. The number of pyridine rings is 1. The number of aryl methyl sites for hydroxylation is 1. The predicted molar refractivity (Wildman–Crippen MR) is 122 cm³/mol. The molecule has 0 radical (unpaired) electrons. The Kier molecular flexibility index (Phi) is 6.45. The SMILES string of the molecule is Cc1oc(-c2ccc(NC(=O)Cc3ccccc3)cc2)nc1CNC(=O)c1cc[n+]([O-])cc1. The van der Waals surface area contributed by atoms with Crippen molar-refractivity contribution >= 4 is 17.5 Å². The lowest BCUT2D eigenvalue weighted by Gasteiger charge is -2.06. The van der Waals surface area contributed by atoms with Crippen molar-refractivity contribution in [1.29, 1.82) is 0 Å². The number of benzene rings is 2. The Morgan fingerprint density at radius 2 is 1.70 bits per heavy atom. The van der Waals surface area contributed by atoms with Crippen molar-refractivity contribution < 1.29 is 18.7 Å². The summed E-state index contributed by atoms with van der Waals surface area (Å²) in [6.07, 6.45) is 2.83. The lowest BCUT2D eigenvalue weighted by molar-refractivity contribution is -0.605. The van der Waals surface area contributed by atoms with E-state index in [1.54, 1.807) is 19.1 Å². The van der Waals surface area contributed by atoms with Crippen LogP contribution in [0.5, 0.6) is 0 Å². The van der Waals surface area contributed by atoms with E-state index >= 15 is 0 Å². The summed E-state index contributed by atoms with van der Waals surface area (Å²) >= 11 is 0. The average Bonchev–Trinajstić information content (AvgIpc) is 3.19. The minimum atomic E-state index is -0.310. The number of nitrogens with one attached hydrogen (secondary N) is 2. The highest BCUT2D eigenvalue weighted by Crippen LogP contribution is 2.23. The van der Waals surface area contributed by atoms with Gasteiger partial charge in [0, 0.05) is 23.4 Å². The van der Waals surface area contributed by atoms with Crippen molar-refractivity contribution in [3.05, 3.63) is 107 Å². The summed E-state index contributed by atoms with van der Waals surface area (Å²) in [4.78, 5) is 29.0. The van der Waals surface area contributed by atoms with Gasteiger partial charge in [-0.25, -0.2) is 4.98 Å². The molecule has 0 aliphatic carbocycles. The second kappa shape index (κ2) is 9.78.